The Balaban J connectivity index is 2.45. The van der Waals surface area contributed by atoms with Crippen LogP contribution in [0.3, 0.4) is 0 Å². The Morgan fingerprint density at radius 1 is 1.36 bits per heavy atom. The van der Waals surface area contributed by atoms with E-state index >= 15 is 0 Å². The van der Waals surface area contributed by atoms with Crippen molar-refractivity contribution in [2.45, 2.75) is 52.7 Å². The Labute approximate surface area is 145 Å². The van der Waals surface area contributed by atoms with E-state index in [0.29, 0.717) is 23.0 Å². The van der Waals surface area contributed by atoms with Gasteiger partial charge in [-0.2, -0.15) is 0 Å². The number of pyridine rings is 1. The number of esters is 1. The Morgan fingerprint density at radius 2 is 2.04 bits per heavy atom. The minimum Gasteiger partial charge on any atom is -0.462 e. The monoisotopic (exact) mass is 346 g/mol. The number of carbonyl (C=O) groups is 3. The molecular formula is C18H22N2O5. The maximum absolute atomic E-state index is 12.3. The lowest BCUT2D eigenvalue weighted by Gasteiger charge is -2.23. The van der Waals surface area contributed by atoms with Crippen LogP contribution in [0.1, 0.15) is 50.2 Å². The summed E-state index contributed by atoms with van der Waals surface area (Å²) in [5.74, 6) is -1.07. The summed E-state index contributed by atoms with van der Waals surface area (Å²) in [6.07, 6.45) is 1.25. The summed E-state index contributed by atoms with van der Waals surface area (Å²) < 4.78 is 11.1. The average Bonchev–Trinajstić information content (AvgIpc) is 2.86. The van der Waals surface area contributed by atoms with Gasteiger partial charge >= 0.3 is 5.97 Å². The minimum absolute atomic E-state index is 0.116. The SMILES string of the molecule is CCC(Oc1nccc2[nH]c(C)c(C(=O)C=O)c12)C(=O)OC(C)(C)C. The molecule has 1 N–H and O–H groups in total. The van der Waals surface area contributed by atoms with E-state index < -0.39 is 23.5 Å². The molecule has 25 heavy (non-hydrogen) atoms. The van der Waals surface area contributed by atoms with Gasteiger partial charge in [0.1, 0.15) is 5.60 Å². The third-order valence-corrected chi connectivity index (χ3v) is 3.51. The normalized spacial score (nSPS) is 12.7. The smallest absolute Gasteiger partial charge is 0.347 e. The van der Waals surface area contributed by atoms with E-state index in [0.717, 1.165) is 0 Å². The molecule has 1 atom stereocenters. The first-order chi connectivity index (χ1) is 11.7. The zero-order valence-electron chi connectivity index (χ0n) is 15.0. The van der Waals surface area contributed by atoms with Crippen LogP contribution in [0.2, 0.25) is 0 Å². The van der Waals surface area contributed by atoms with E-state index in [-0.39, 0.29) is 17.7 Å². The summed E-state index contributed by atoms with van der Waals surface area (Å²) in [7, 11) is 0. The van der Waals surface area contributed by atoms with Gasteiger partial charge in [-0.15, -0.1) is 0 Å². The quantitative estimate of drug-likeness (QED) is 0.374. The first-order valence-electron chi connectivity index (χ1n) is 8.04. The Kier molecular flexibility index (Phi) is 5.25. The number of aryl methyl sites for hydroxylation is 1. The number of carbonyl (C=O) groups excluding carboxylic acids is 3. The van der Waals surface area contributed by atoms with Gasteiger partial charge in [-0.1, -0.05) is 6.92 Å². The molecule has 2 rings (SSSR count). The number of fused-ring (bicyclic) bond motifs is 1. The summed E-state index contributed by atoms with van der Waals surface area (Å²) in [5.41, 5.74) is 0.700. The predicted molar refractivity (Wildman–Crippen MR) is 91.8 cm³/mol. The molecule has 0 bridgehead atoms. The molecule has 0 amide bonds. The number of nitrogens with one attached hydrogen (secondary N) is 1. The van der Waals surface area contributed by atoms with Crippen molar-refractivity contribution in [2.75, 3.05) is 0 Å². The van der Waals surface area contributed by atoms with Gasteiger partial charge in [0, 0.05) is 11.9 Å². The fourth-order valence-corrected chi connectivity index (χ4v) is 2.50. The van der Waals surface area contributed by atoms with Crippen molar-refractivity contribution in [1.82, 2.24) is 9.97 Å². The molecule has 0 aliphatic heterocycles. The summed E-state index contributed by atoms with van der Waals surface area (Å²) in [6.45, 7) is 8.78. The highest BCUT2D eigenvalue weighted by molar-refractivity contribution is 6.37. The summed E-state index contributed by atoms with van der Waals surface area (Å²) in [5, 5.41) is 0.388. The predicted octanol–water partition coefficient (Wildman–Crippen LogP) is 2.75. The number of ether oxygens (including phenoxy) is 2. The lowest BCUT2D eigenvalue weighted by molar-refractivity contribution is -0.163. The van der Waals surface area contributed by atoms with Gasteiger partial charge in [0.05, 0.1) is 16.5 Å². The van der Waals surface area contributed by atoms with Gasteiger partial charge in [0.25, 0.3) is 0 Å². The van der Waals surface area contributed by atoms with E-state index in [9.17, 15) is 14.4 Å². The number of ketones is 1. The highest BCUT2D eigenvalue weighted by Gasteiger charge is 2.28. The number of nitrogens with zero attached hydrogens (tertiary/aromatic N) is 1. The van der Waals surface area contributed by atoms with Crippen LogP contribution >= 0.6 is 0 Å². The van der Waals surface area contributed by atoms with Crippen LogP contribution in [0, 0.1) is 6.92 Å². The maximum Gasteiger partial charge on any atom is 0.347 e. The Bertz CT molecular complexity index is 817. The van der Waals surface area contributed by atoms with Crippen molar-refractivity contribution >= 4 is 28.9 Å². The number of aromatic amines is 1. The molecule has 1 unspecified atom stereocenters. The van der Waals surface area contributed by atoms with Crippen LogP contribution in [0.4, 0.5) is 0 Å². The fourth-order valence-electron chi connectivity index (χ4n) is 2.50. The van der Waals surface area contributed by atoms with Crippen molar-refractivity contribution < 1.29 is 23.9 Å². The van der Waals surface area contributed by atoms with Gasteiger partial charge in [0.2, 0.25) is 11.7 Å². The number of aldehydes is 1. The van der Waals surface area contributed by atoms with E-state index in [4.69, 9.17) is 9.47 Å². The molecule has 2 aromatic rings. The second-order valence-electron chi connectivity index (χ2n) is 6.69. The topological polar surface area (TPSA) is 98.4 Å². The number of Topliss-reactive ketones (excluding diaryl/α,β-unsaturated/α-hetero) is 1. The molecule has 0 radical (unpaired) electrons. The summed E-state index contributed by atoms with van der Waals surface area (Å²) in [4.78, 5) is 42.4. The third-order valence-electron chi connectivity index (χ3n) is 3.51. The molecular weight excluding hydrogens is 324 g/mol. The zero-order chi connectivity index (χ0) is 18.8. The van der Waals surface area contributed by atoms with Gasteiger partial charge in [-0.25, -0.2) is 9.78 Å². The van der Waals surface area contributed by atoms with E-state index in [1.54, 1.807) is 40.7 Å². The Hall–Kier alpha value is -2.70. The first-order valence-corrected chi connectivity index (χ1v) is 8.04. The number of rotatable bonds is 6. The van der Waals surface area contributed by atoms with Crippen molar-refractivity contribution in [3.63, 3.8) is 0 Å². The molecule has 0 saturated carbocycles. The van der Waals surface area contributed by atoms with E-state index in [2.05, 4.69) is 9.97 Å². The lowest BCUT2D eigenvalue weighted by atomic mass is 10.1. The van der Waals surface area contributed by atoms with Crippen LogP contribution in [-0.4, -0.2) is 39.7 Å². The zero-order valence-corrected chi connectivity index (χ0v) is 15.0. The minimum atomic E-state index is -0.869. The van der Waals surface area contributed by atoms with Crippen LogP contribution in [-0.2, 0) is 14.3 Å². The molecule has 0 aliphatic rings. The van der Waals surface area contributed by atoms with Crippen LogP contribution in [0.5, 0.6) is 5.88 Å². The standard InChI is InChI=1S/C18H22N2O5/c1-6-13(17(23)25-18(3,4)5)24-16-15-11(7-8-19-16)20-10(2)14(15)12(22)9-21/h7-9,13,20H,6H2,1-5H3. The molecule has 2 aromatic heterocycles. The first kappa shape index (κ1) is 18.6. The van der Waals surface area contributed by atoms with Crippen molar-refractivity contribution in [1.29, 1.82) is 0 Å². The maximum atomic E-state index is 12.3. The molecule has 0 fully saturated rings. The van der Waals surface area contributed by atoms with Gasteiger partial charge in [-0.05, 0) is 40.2 Å². The highest BCUT2D eigenvalue weighted by atomic mass is 16.6. The molecule has 7 nitrogen and oxygen atoms in total. The van der Waals surface area contributed by atoms with E-state index in [1.165, 1.54) is 6.20 Å². The van der Waals surface area contributed by atoms with Gasteiger partial charge < -0.3 is 14.5 Å². The second-order valence-corrected chi connectivity index (χ2v) is 6.69. The molecule has 0 spiro atoms. The van der Waals surface area contributed by atoms with Crippen molar-refractivity contribution in [3.05, 3.63) is 23.5 Å². The summed E-state index contributed by atoms with van der Waals surface area (Å²) in [6, 6.07) is 1.67. The molecule has 0 saturated heterocycles. The van der Waals surface area contributed by atoms with Gasteiger partial charge in [0.15, 0.2) is 12.4 Å². The van der Waals surface area contributed by atoms with Crippen LogP contribution < -0.4 is 4.74 Å². The van der Waals surface area contributed by atoms with Gasteiger partial charge in [-0.3, -0.25) is 9.59 Å². The van der Waals surface area contributed by atoms with Crippen molar-refractivity contribution in [3.8, 4) is 5.88 Å². The van der Waals surface area contributed by atoms with Crippen LogP contribution in [0.15, 0.2) is 12.3 Å². The fraction of sp³-hybridized carbons (Fsp3) is 0.444. The number of H-pyrrole nitrogens is 1. The largest absolute Gasteiger partial charge is 0.462 e. The molecule has 0 aliphatic carbocycles. The Morgan fingerprint density at radius 3 is 2.60 bits per heavy atom. The van der Waals surface area contributed by atoms with E-state index in [1.807, 2.05) is 0 Å². The van der Waals surface area contributed by atoms with Crippen LogP contribution in [0.25, 0.3) is 10.9 Å². The molecule has 134 valence electrons. The average molecular weight is 346 g/mol. The molecule has 7 heteroatoms. The molecule has 0 aromatic carbocycles. The van der Waals surface area contributed by atoms with Crippen molar-refractivity contribution in [2.24, 2.45) is 0 Å². The number of hydrogen-bond acceptors (Lipinski definition) is 6. The second kappa shape index (κ2) is 7.04. The number of aromatic nitrogens is 2. The summed E-state index contributed by atoms with van der Waals surface area (Å²) >= 11 is 0. The number of hydrogen-bond donors (Lipinski definition) is 1. The molecule has 2 heterocycles. The highest BCUT2D eigenvalue weighted by Crippen LogP contribution is 2.30. The lowest BCUT2D eigenvalue weighted by Crippen LogP contribution is -2.35. The third kappa shape index (κ3) is 4.04.